The SMILES string of the molecule is Cc1cc(F)ccc1[C@H]1C[C@@H](Nc2ccccn2)CCN1C(=O)NCCc1cc(C(F)(F)F)cc(C(F)(F)F)c1. The quantitative estimate of drug-likeness (QED) is 0.311. The van der Waals surface area contributed by atoms with E-state index >= 15 is 0 Å². The summed E-state index contributed by atoms with van der Waals surface area (Å²) >= 11 is 0. The van der Waals surface area contributed by atoms with Gasteiger partial charge < -0.3 is 15.5 Å². The number of benzene rings is 2. The summed E-state index contributed by atoms with van der Waals surface area (Å²) < 4.78 is 92.9. The first-order valence-corrected chi connectivity index (χ1v) is 12.6. The Balaban J connectivity index is 1.49. The van der Waals surface area contributed by atoms with Crippen LogP contribution in [0.5, 0.6) is 0 Å². The van der Waals surface area contributed by atoms with Crippen molar-refractivity contribution in [1.29, 1.82) is 0 Å². The van der Waals surface area contributed by atoms with E-state index in [-0.39, 0.29) is 30.6 Å². The van der Waals surface area contributed by atoms with Crippen molar-refractivity contribution < 1.29 is 35.5 Å². The second-order valence-electron chi connectivity index (χ2n) is 9.69. The molecule has 5 nitrogen and oxygen atoms in total. The largest absolute Gasteiger partial charge is 0.416 e. The first kappa shape index (κ1) is 29.2. The van der Waals surface area contributed by atoms with Crippen LogP contribution in [0.4, 0.5) is 41.3 Å². The fourth-order valence-electron chi connectivity index (χ4n) is 4.88. The van der Waals surface area contributed by atoms with Crippen LogP contribution in [0.15, 0.2) is 60.8 Å². The maximum atomic E-state index is 13.8. The number of pyridine rings is 1. The van der Waals surface area contributed by atoms with Crippen LogP contribution in [0.25, 0.3) is 0 Å². The van der Waals surface area contributed by atoms with Crippen LogP contribution < -0.4 is 10.6 Å². The van der Waals surface area contributed by atoms with Gasteiger partial charge in [-0.05, 0) is 85.3 Å². The average Bonchev–Trinajstić information content (AvgIpc) is 2.88. The second-order valence-corrected chi connectivity index (χ2v) is 9.69. The molecule has 0 bridgehead atoms. The molecule has 2 heterocycles. The molecule has 1 aliphatic rings. The number of urea groups is 1. The zero-order valence-corrected chi connectivity index (χ0v) is 21.4. The molecule has 0 aliphatic carbocycles. The predicted molar refractivity (Wildman–Crippen MR) is 135 cm³/mol. The van der Waals surface area contributed by atoms with E-state index < -0.39 is 41.4 Å². The molecule has 3 aromatic rings. The molecule has 0 saturated carbocycles. The number of rotatable bonds is 6. The number of likely N-dealkylation sites (tertiary alicyclic amines) is 1. The molecular formula is C28H27F7N4O. The lowest BCUT2D eigenvalue weighted by Crippen LogP contribution is -2.49. The van der Waals surface area contributed by atoms with Crippen molar-refractivity contribution in [3.05, 3.63) is 94.4 Å². The number of hydrogen-bond acceptors (Lipinski definition) is 3. The highest BCUT2D eigenvalue weighted by atomic mass is 19.4. The van der Waals surface area contributed by atoms with Gasteiger partial charge in [0.05, 0.1) is 17.2 Å². The number of nitrogens with zero attached hydrogens (tertiary/aromatic N) is 2. The summed E-state index contributed by atoms with van der Waals surface area (Å²) in [7, 11) is 0. The molecule has 1 fully saturated rings. The molecule has 1 aliphatic heterocycles. The number of carbonyl (C=O) groups is 1. The van der Waals surface area contributed by atoms with E-state index in [1.165, 1.54) is 12.1 Å². The number of piperidine rings is 1. The number of hydrogen-bond donors (Lipinski definition) is 2. The van der Waals surface area contributed by atoms with Crippen LogP contribution in [-0.2, 0) is 18.8 Å². The standard InChI is InChI=1S/C28H27F7N4O/c1-17-12-21(29)5-6-23(17)24-16-22(38-25-4-2-3-9-36-25)8-11-39(24)26(40)37-10-7-18-13-19(27(30,31)32)15-20(14-18)28(33,34)35/h2-6,9,12-15,22,24H,7-8,10-11,16H2,1H3,(H,36,38)(H,37,40)/t22-,24+/m0/s1. The van der Waals surface area contributed by atoms with Gasteiger partial charge in [0, 0.05) is 25.3 Å². The van der Waals surface area contributed by atoms with Gasteiger partial charge in [-0.25, -0.2) is 14.2 Å². The summed E-state index contributed by atoms with van der Waals surface area (Å²) in [5, 5.41) is 5.97. The van der Waals surface area contributed by atoms with E-state index in [0.717, 1.165) is 5.56 Å². The van der Waals surface area contributed by atoms with E-state index in [1.54, 1.807) is 30.2 Å². The first-order chi connectivity index (χ1) is 18.8. The lowest BCUT2D eigenvalue weighted by Gasteiger charge is -2.40. The van der Waals surface area contributed by atoms with Crippen LogP contribution in [-0.4, -0.2) is 35.0 Å². The predicted octanol–water partition coefficient (Wildman–Crippen LogP) is 7.14. The highest BCUT2D eigenvalue weighted by molar-refractivity contribution is 5.75. The Hall–Kier alpha value is -3.83. The van der Waals surface area contributed by atoms with Crippen molar-refractivity contribution in [2.24, 2.45) is 0 Å². The molecule has 2 N–H and O–H groups in total. The molecular weight excluding hydrogens is 541 g/mol. The molecule has 2 atom stereocenters. The minimum absolute atomic E-state index is 0.0562. The summed E-state index contributed by atoms with van der Waals surface area (Å²) in [6, 6.07) is 10.1. The van der Waals surface area contributed by atoms with E-state index in [4.69, 9.17) is 0 Å². The van der Waals surface area contributed by atoms with Gasteiger partial charge in [0.25, 0.3) is 0 Å². The Morgan fingerprint density at radius 1 is 1.00 bits per heavy atom. The lowest BCUT2D eigenvalue weighted by molar-refractivity contribution is -0.143. The van der Waals surface area contributed by atoms with E-state index in [1.807, 2.05) is 12.1 Å². The highest BCUT2D eigenvalue weighted by Crippen LogP contribution is 2.37. The minimum atomic E-state index is -4.95. The average molecular weight is 569 g/mol. The monoisotopic (exact) mass is 568 g/mol. The minimum Gasteiger partial charge on any atom is -0.367 e. The molecule has 1 saturated heterocycles. The smallest absolute Gasteiger partial charge is 0.367 e. The van der Waals surface area contributed by atoms with Crippen LogP contribution >= 0.6 is 0 Å². The Labute approximate surface area is 226 Å². The summed E-state index contributed by atoms with van der Waals surface area (Å²) in [6.07, 6.45) is -7.46. The fourth-order valence-corrected chi connectivity index (χ4v) is 4.88. The Kier molecular flexibility index (Phi) is 8.55. The van der Waals surface area contributed by atoms with Crippen molar-refractivity contribution in [2.45, 2.75) is 50.6 Å². The van der Waals surface area contributed by atoms with Gasteiger partial charge in [-0.2, -0.15) is 26.3 Å². The number of halogens is 7. The normalized spacial score (nSPS) is 17.9. The molecule has 0 unspecified atom stereocenters. The number of alkyl halides is 6. The van der Waals surface area contributed by atoms with Crippen molar-refractivity contribution in [3.63, 3.8) is 0 Å². The Morgan fingerprint density at radius 3 is 2.30 bits per heavy atom. The van der Waals surface area contributed by atoms with Gasteiger partial charge in [-0.3, -0.25) is 0 Å². The number of anilines is 1. The third kappa shape index (κ3) is 7.22. The van der Waals surface area contributed by atoms with Crippen LogP contribution in [0.3, 0.4) is 0 Å². The number of amides is 2. The summed E-state index contributed by atoms with van der Waals surface area (Å²) in [5.41, 5.74) is -1.63. The van der Waals surface area contributed by atoms with Gasteiger partial charge >= 0.3 is 18.4 Å². The van der Waals surface area contributed by atoms with Gasteiger partial charge in [0.2, 0.25) is 0 Å². The first-order valence-electron chi connectivity index (χ1n) is 12.6. The summed E-state index contributed by atoms with van der Waals surface area (Å²) in [4.78, 5) is 19.0. The molecule has 2 amide bonds. The van der Waals surface area contributed by atoms with Crippen LogP contribution in [0.2, 0.25) is 0 Å². The van der Waals surface area contributed by atoms with Gasteiger partial charge in [0.15, 0.2) is 0 Å². The number of aryl methyl sites for hydroxylation is 1. The maximum Gasteiger partial charge on any atom is 0.416 e. The number of carbonyl (C=O) groups excluding carboxylic acids is 1. The third-order valence-electron chi connectivity index (χ3n) is 6.81. The Morgan fingerprint density at radius 2 is 1.70 bits per heavy atom. The van der Waals surface area contributed by atoms with E-state index in [9.17, 15) is 35.5 Å². The molecule has 40 heavy (non-hydrogen) atoms. The number of nitrogens with one attached hydrogen (secondary N) is 2. The highest BCUT2D eigenvalue weighted by Gasteiger charge is 2.37. The van der Waals surface area contributed by atoms with Gasteiger partial charge in [-0.1, -0.05) is 12.1 Å². The summed E-state index contributed by atoms with van der Waals surface area (Å²) in [6.45, 7) is 1.86. The fraction of sp³-hybridized carbons (Fsp3) is 0.357. The third-order valence-corrected chi connectivity index (χ3v) is 6.81. The van der Waals surface area contributed by atoms with Gasteiger partial charge in [0.1, 0.15) is 11.6 Å². The van der Waals surface area contributed by atoms with Crippen molar-refractivity contribution in [3.8, 4) is 0 Å². The van der Waals surface area contributed by atoms with Crippen molar-refractivity contribution in [1.82, 2.24) is 15.2 Å². The van der Waals surface area contributed by atoms with E-state index in [2.05, 4.69) is 15.6 Å². The van der Waals surface area contributed by atoms with E-state index in [0.29, 0.717) is 42.9 Å². The lowest BCUT2D eigenvalue weighted by atomic mass is 9.89. The van der Waals surface area contributed by atoms with Crippen LogP contribution in [0.1, 0.15) is 46.7 Å². The van der Waals surface area contributed by atoms with Crippen molar-refractivity contribution >= 4 is 11.8 Å². The molecule has 1 aromatic heterocycles. The molecule has 214 valence electrons. The molecule has 0 spiro atoms. The molecule has 2 aromatic carbocycles. The Bertz CT molecular complexity index is 1300. The second kappa shape index (κ2) is 11.7. The van der Waals surface area contributed by atoms with Crippen LogP contribution in [0, 0.1) is 12.7 Å². The molecule has 0 radical (unpaired) electrons. The molecule has 12 heteroatoms. The maximum absolute atomic E-state index is 13.8. The van der Waals surface area contributed by atoms with Crippen molar-refractivity contribution in [2.75, 3.05) is 18.4 Å². The van der Waals surface area contributed by atoms with Gasteiger partial charge in [-0.15, -0.1) is 0 Å². The topological polar surface area (TPSA) is 57.3 Å². The summed E-state index contributed by atoms with van der Waals surface area (Å²) in [5.74, 6) is 0.245. The molecule has 4 rings (SSSR count). The zero-order chi connectivity index (χ0) is 29.1. The number of aromatic nitrogens is 1. The zero-order valence-electron chi connectivity index (χ0n) is 21.4.